The second-order valence-electron chi connectivity index (χ2n) is 10.6. The Bertz CT molecular complexity index is 929. The molecule has 0 saturated heterocycles. The number of fused-ring (bicyclic) bond motifs is 1. The third kappa shape index (κ3) is 4.18. The van der Waals surface area contributed by atoms with E-state index in [4.69, 9.17) is 0 Å². The quantitative estimate of drug-likeness (QED) is 0.424. The SMILES string of the molecule is Cc1cc(C)c(C2=C([PH+](C3CCCCC3)C3CCCCC3)c3ccccc3C2)c(C)c1. The topological polar surface area (TPSA) is 0 Å². The van der Waals surface area contributed by atoms with E-state index < -0.39 is 7.92 Å². The normalized spacial score (nSPS) is 20.5. The summed E-state index contributed by atoms with van der Waals surface area (Å²) in [6.07, 6.45) is 16.0. The van der Waals surface area contributed by atoms with Gasteiger partial charge < -0.3 is 0 Å². The van der Waals surface area contributed by atoms with Crippen molar-refractivity contribution in [2.24, 2.45) is 0 Å². The lowest BCUT2D eigenvalue weighted by Crippen LogP contribution is -2.21. The summed E-state index contributed by atoms with van der Waals surface area (Å²) < 4.78 is 0. The fourth-order valence-electron chi connectivity index (χ4n) is 7.13. The third-order valence-electron chi connectivity index (χ3n) is 8.31. The van der Waals surface area contributed by atoms with Crippen LogP contribution in [-0.2, 0) is 6.42 Å². The van der Waals surface area contributed by atoms with Gasteiger partial charge in [0.2, 0.25) is 0 Å². The van der Waals surface area contributed by atoms with E-state index in [2.05, 4.69) is 57.2 Å². The zero-order chi connectivity index (χ0) is 21.4. The van der Waals surface area contributed by atoms with Crippen molar-refractivity contribution in [2.75, 3.05) is 0 Å². The minimum Gasteiger partial charge on any atom is -0.0619 e. The Morgan fingerprint density at radius 1 is 0.710 bits per heavy atom. The maximum atomic E-state index is 2.48. The van der Waals surface area contributed by atoms with Gasteiger partial charge in [-0.15, -0.1) is 0 Å². The molecule has 3 aliphatic carbocycles. The highest BCUT2D eigenvalue weighted by atomic mass is 31.1. The van der Waals surface area contributed by atoms with Gasteiger partial charge in [0.15, 0.2) is 0 Å². The summed E-state index contributed by atoms with van der Waals surface area (Å²) in [5, 5.41) is 1.87. The van der Waals surface area contributed by atoms with Crippen molar-refractivity contribution in [1.82, 2.24) is 0 Å². The smallest absolute Gasteiger partial charge is 0.0619 e. The molecule has 164 valence electrons. The van der Waals surface area contributed by atoms with Crippen molar-refractivity contribution in [3.05, 3.63) is 69.8 Å². The molecule has 0 spiro atoms. The van der Waals surface area contributed by atoms with Gasteiger partial charge in [-0.25, -0.2) is 0 Å². The fourth-order valence-corrected chi connectivity index (χ4v) is 11.8. The molecular weight excluding hydrogens is 391 g/mol. The largest absolute Gasteiger partial charge is 0.104 e. The van der Waals surface area contributed by atoms with Crippen LogP contribution in [0.1, 0.15) is 97.6 Å². The van der Waals surface area contributed by atoms with E-state index in [9.17, 15) is 0 Å². The van der Waals surface area contributed by atoms with Crippen LogP contribution >= 0.6 is 7.92 Å². The molecule has 0 aliphatic heterocycles. The molecular formula is C30H40P+. The Kier molecular flexibility index (Phi) is 6.39. The van der Waals surface area contributed by atoms with Crippen LogP contribution in [0.4, 0.5) is 0 Å². The summed E-state index contributed by atoms with van der Waals surface area (Å²) in [5.74, 6) is 0. The molecule has 0 unspecified atom stereocenters. The van der Waals surface area contributed by atoms with Crippen molar-refractivity contribution in [1.29, 1.82) is 0 Å². The molecule has 31 heavy (non-hydrogen) atoms. The lowest BCUT2D eigenvalue weighted by Gasteiger charge is -2.34. The van der Waals surface area contributed by atoms with Gasteiger partial charge in [0, 0.05) is 25.5 Å². The molecule has 5 rings (SSSR count). The van der Waals surface area contributed by atoms with E-state index in [1.807, 2.05) is 5.31 Å². The first-order valence-corrected chi connectivity index (χ1v) is 14.6. The Labute approximate surface area is 191 Å². The first-order valence-electron chi connectivity index (χ1n) is 12.9. The van der Waals surface area contributed by atoms with Crippen LogP contribution in [0, 0.1) is 20.8 Å². The summed E-state index contributed by atoms with van der Waals surface area (Å²) in [7, 11) is -0.594. The van der Waals surface area contributed by atoms with E-state index in [-0.39, 0.29) is 0 Å². The van der Waals surface area contributed by atoms with E-state index in [1.165, 1.54) is 80.9 Å². The number of hydrogen-bond acceptors (Lipinski definition) is 0. The summed E-state index contributed by atoms with van der Waals surface area (Å²) in [4.78, 5) is 0. The second kappa shape index (κ2) is 9.23. The van der Waals surface area contributed by atoms with Gasteiger partial charge in [0.05, 0.1) is 11.3 Å². The number of rotatable bonds is 4. The summed E-state index contributed by atoms with van der Waals surface area (Å²) in [6.45, 7) is 6.97. The minimum absolute atomic E-state index is 0.594. The Hall–Kier alpha value is -1.39. The molecule has 2 aromatic carbocycles. The molecule has 0 nitrogen and oxygen atoms in total. The maximum absolute atomic E-state index is 2.48. The first kappa shape index (κ1) is 21.5. The highest BCUT2D eigenvalue weighted by Gasteiger charge is 2.45. The van der Waals surface area contributed by atoms with Gasteiger partial charge in [-0.05, 0) is 94.4 Å². The summed E-state index contributed by atoms with van der Waals surface area (Å²) in [6, 6.07) is 14.3. The number of hydrogen-bond donors (Lipinski definition) is 0. The van der Waals surface area contributed by atoms with Gasteiger partial charge >= 0.3 is 0 Å². The second-order valence-corrected chi connectivity index (χ2v) is 13.6. The molecule has 3 aliphatic rings. The van der Waals surface area contributed by atoms with E-state index in [1.54, 1.807) is 22.3 Å². The van der Waals surface area contributed by atoms with Crippen molar-refractivity contribution in [3.8, 4) is 0 Å². The fraction of sp³-hybridized carbons (Fsp3) is 0.533. The Morgan fingerprint density at radius 3 is 1.84 bits per heavy atom. The van der Waals surface area contributed by atoms with Crippen molar-refractivity contribution in [2.45, 2.75) is 103 Å². The molecule has 0 N–H and O–H groups in total. The summed E-state index contributed by atoms with van der Waals surface area (Å²) >= 11 is 0. The van der Waals surface area contributed by atoms with Crippen LogP contribution in [-0.4, -0.2) is 11.3 Å². The monoisotopic (exact) mass is 431 g/mol. The van der Waals surface area contributed by atoms with Gasteiger partial charge in [-0.2, -0.15) is 0 Å². The highest BCUT2D eigenvalue weighted by Crippen LogP contribution is 2.68. The van der Waals surface area contributed by atoms with Crippen LogP contribution in [0.2, 0.25) is 0 Å². The zero-order valence-electron chi connectivity index (χ0n) is 19.9. The first-order chi connectivity index (χ1) is 15.1. The number of benzene rings is 2. The number of allylic oxidation sites excluding steroid dienone is 1. The van der Waals surface area contributed by atoms with Gasteiger partial charge in [0.1, 0.15) is 5.31 Å². The van der Waals surface area contributed by atoms with Crippen molar-refractivity contribution in [3.63, 3.8) is 0 Å². The van der Waals surface area contributed by atoms with E-state index in [0.717, 1.165) is 17.7 Å². The van der Waals surface area contributed by atoms with Crippen LogP contribution in [0.25, 0.3) is 10.9 Å². The average molecular weight is 432 g/mol. The summed E-state index contributed by atoms with van der Waals surface area (Å²) in [5.41, 5.74) is 12.9. The molecule has 0 amide bonds. The van der Waals surface area contributed by atoms with Crippen molar-refractivity contribution >= 4 is 18.8 Å². The molecule has 0 atom stereocenters. The van der Waals surface area contributed by atoms with Crippen molar-refractivity contribution < 1.29 is 0 Å². The molecule has 2 fully saturated rings. The lowest BCUT2D eigenvalue weighted by molar-refractivity contribution is 0.487. The van der Waals surface area contributed by atoms with Crippen LogP contribution in [0.5, 0.6) is 0 Å². The molecule has 0 radical (unpaired) electrons. The Balaban J connectivity index is 1.70. The lowest BCUT2D eigenvalue weighted by atomic mass is 9.92. The molecule has 0 bridgehead atoms. The molecule has 1 heteroatoms. The Morgan fingerprint density at radius 2 is 1.26 bits per heavy atom. The van der Waals surface area contributed by atoms with Crippen LogP contribution in [0.3, 0.4) is 0 Å². The molecule has 2 aromatic rings. The van der Waals surface area contributed by atoms with E-state index in [0.29, 0.717) is 0 Å². The van der Waals surface area contributed by atoms with Gasteiger partial charge in [-0.1, -0.05) is 54.8 Å². The van der Waals surface area contributed by atoms with Crippen LogP contribution in [0.15, 0.2) is 36.4 Å². The molecule has 0 aromatic heterocycles. The maximum Gasteiger partial charge on any atom is 0.104 e. The van der Waals surface area contributed by atoms with E-state index >= 15 is 0 Å². The minimum atomic E-state index is -0.594. The number of aryl methyl sites for hydroxylation is 3. The predicted octanol–water partition coefficient (Wildman–Crippen LogP) is 8.92. The highest BCUT2D eigenvalue weighted by molar-refractivity contribution is 7.70. The zero-order valence-corrected chi connectivity index (χ0v) is 20.9. The predicted molar refractivity (Wildman–Crippen MR) is 140 cm³/mol. The van der Waals surface area contributed by atoms with Crippen LogP contribution < -0.4 is 0 Å². The molecule has 2 saturated carbocycles. The average Bonchev–Trinajstić information content (AvgIpc) is 3.14. The van der Waals surface area contributed by atoms with Gasteiger partial charge in [0.25, 0.3) is 0 Å². The van der Waals surface area contributed by atoms with Gasteiger partial charge in [-0.3, -0.25) is 0 Å². The third-order valence-corrected chi connectivity index (χ3v) is 12.4. The standard InChI is InChI=1S/C30H39P/c1-21-18-22(2)29(23(3)19-21)28-20-24-12-10-11-17-27(24)30(28)31(25-13-6-4-7-14-25)26-15-8-5-9-16-26/h10-12,17-19,25-26H,4-9,13-16,20H2,1-3H3/p+1. The molecule has 0 heterocycles.